The van der Waals surface area contributed by atoms with Crippen LogP contribution in [0.5, 0.6) is 0 Å². The lowest BCUT2D eigenvalue weighted by molar-refractivity contribution is 0.113. The highest BCUT2D eigenvalue weighted by Gasteiger charge is 2.40. The molecule has 0 spiro atoms. The molecule has 0 radical (unpaired) electrons. The maximum absolute atomic E-state index is 8.42. The van der Waals surface area contributed by atoms with E-state index in [-0.39, 0.29) is 5.04 Å². The van der Waals surface area contributed by atoms with Gasteiger partial charge in [-0.3, -0.25) is 5.41 Å². The van der Waals surface area contributed by atoms with E-state index in [0.717, 1.165) is 35.7 Å². The third-order valence-corrected chi connectivity index (χ3v) is 10.8. The number of halogens is 1. The molecular formula is C18H32BrN3OSi. The van der Waals surface area contributed by atoms with Gasteiger partial charge in [-0.15, -0.1) is 0 Å². The molecule has 136 valence electrons. The molecule has 0 bridgehead atoms. The first kappa shape index (κ1) is 19.7. The largest absolute Gasteiger partial charge is 0.414 e. The summed E-state index contributed by atoms with van der Waals surface area (Å²) in [5, 5.41) is 11.7. The molecule has 1 fully saturated rings. The van der Waals surface area contributed by atoms with Crippen LogP contribution in [0.3, 0.4) is 0 Å². The molecule has 4 nitrogen and oxygen atoms in total. The summed E-state index contributed by atoms with van der Waals surface area (Å²) in [5.74, 6) is 0.588. The molecule has 0 amide bonds. The topological polar surface area (TPSA) is 48.4 Å². The predicted molar refractivity (Wildman–Crippen MR) is 108 cm³/mol. The number of nitrogens with one attached hydrogen (secondary N) is 2. The SMILES string of the molecule is CN/C=C1\C(=N)N(C2CCC(O[Si](C)(C)C(C)(C)C)CC2)C=C1Br. The van der Waals surface area contributed by atoms with Crippen LogP contribution in [0, 0.1) is 5.41 Å². The van der Waals surface area contributed by atoms with Gasteiger partial charge in [-0.05, 0) is 59.7 Å². The highest BCUT2D eigenvalue weighted by molar-refractivity contribution is 9.12. The number of hydrogen-bond acceptors (Lipinski definition) is 3. The zero-order chi connectivity index (χ0) is 18.1. The minimum Gasteiger partial charge on any atom is -0.414 e. The van der Waals surface area contributed by atoms with Gasteiger partial charge in [0.15, 0.2) is 8.32 Å². The first-order valence-electron chi connectivity index (χ1n) is 8.87. The van der Waals surface area contributed by atoms with Crippen LogP contribution in [0.25, 0.3) is 0 Å². The maximum atomic E-state index is 8.42. The molecule has 1 saturated carbocycles. The van der Waals surface area contributed by atoms with E-state index in [2.05, 4.69) is 66.2 Å². The summed E-state index contributed by atoms with van der Waals surface area (Å²) >= 11 is 3.58. The van der Waals surface area contributed by atoms with Gasteiger partial charge in [0, 0.05) is 41.6 Å². The Bertz CT molecular complexity index is 543. The van der Waals surface area contributed by atoms with Gasteiger partial charge in [0.25, 0.3) is 0 Å². The third-order valence-electron chi connectivity index (χ3n) is 5.62. The molecule has 1 heterocycles. The highest BCUT2D eigenvalue weighted by atomic mass is 79.9. The first-order valence-corrected chi connectivity index (χ1v) is 12.6. The average molecular weight is 414 g/mol. The standard InChI is InChI=1S/C18H32BrN3OSi/c1-18(2,3)24(5,6)23-14-9-7-13(8-10-14)22-12-16(19)15(11-21-4)17(22)20/h11-14,20-21H,7-10H2,1-6H3/b15-11-,20-17?. The Morgan fingerprint density at radius 3 is 2.38 bits per heavy atom. The summed E-state index contributed by atoms with van der Waals surface area (Å²) < 4.78 is 7.57. The van der Waals surface area contributed by atoms with Crippen molar-refractivity contribution in [2.45, 2.75) is 76.7 Å². The lowest BCUT2D eigenvalue weighted by Crippen LogP contribution is -2.46. The Morgan fingerprint density at radius 2 is 1.88 bits per heavy atom. The molecule has 2 N–H and O–H groups in total. The van der Waals surface area contributed by atoms with Crippen molar-refractivity contribution in [1.29, 1.82) is 5.41 Å². The van der Waals surface area contributed by atoms with Crippen LogP contribution in [0.15, 0.2) is 22.5 Å². The predicted octanol–water partition coefficient (Wildman–Crippen LogP) is 4.95. The van der Waals surface area contributed by atoms with Gasteiger partial charge in [-0.25, -0.2) is 0 Å². The Labute approximate surface area is 156 Å². The minimum atomic E-state index is -1.68. The van der Waals surface area contributed by atoms with Crippen LogP contribution >= 0.6 is 15.9 Å². The van der Waals surface area contributed by atoms with E-state index in [1.54, 1.807) is 0 Å². The molecule has 6 heteroatoms. The lowest BCUT2D eigenvalue weighted by atomic mass is 9.92. The van der Waals surface area contributed by atoms with Gasteiger partial charge in [0.05, 0.1) is 0 Å². The number of nitrogens with zero attached hydrogens (tertiary/aromatic N) is 1. The second-order valence-electron chi connectivity index (χ2n) is 8.39. The van der Waals surface area contributed by atoms with E-state index >= 15 is 0 Å². The van der Waals surface area contributed by atoms with E-state index in [9.17, 15) is 0 Å². The highest BCUT2D eigenvalue weighted by Crippen LogP contribution is 2.40. The van der Waals surface area contributed by atoms with Crippen LogP contribution in [-0.4, -0.2) is 38.2 Å². The lowest BCUT2D eigenvalue weighted by Gasteiger charge is -2.42. The number of rotatable bonds is 4. The summed E-state index contributed by atoms with van der Waals surface area (Å²) in [5.41, 5.74) is 0.928. The second kappa shape index (κ2) is 7.34. The maximum Gasteiger partial charge on any atom is 0.192 e. The van der Waals surface area contributed by atoms with E-state index in [1.165, 1.54) is 0 Å². The molecule has 1 aliphatic carbocycles. The van der Waals surface area contributed by atoms with E-state index in [0.29, 0.717) is 18.0 Å². The minimum absolute atomic E-state index is 0.265. The van der Waals surface area contributed by atoms with Crippen LogP contribution < -0.4 is 5.32 Å². The molecule has 0 unspecified atom stereocenters. The Balaban J connectivity index is 1.95. The molecule has 0 aromatic carbocycles. The quantitative estimate of drug-likeness (QED) is 0.640. The Morgan fingerprint density at radius 1 is 1.29 bits per heavy atom. The van der Waals surface area contributed by atoms with Crippen LogP contribution in [0.1, 0.15) is 46.5 Å². The molecule has 0 atom stereocenters. The monoisotopic (exact) mass is 413 g/mol. The van der Waals surface area contributed by atoms with Gasteiger partial charge >= 0.3 is 0 Å². The van der Waals surface area contributed by atoms with Crippen LogP contribution in [-0.2, 0) is 4.43 Å². The van der Waals surface area contributed by atoms with E-state index < -0.39 is 8.32 Å². The van der Waals surface area contributed by atoms with Crippen molar-refractivity contribution in [3.63, 3.8) is 0 Å². The van der Waals surface area contributed by atoms with Crippen molar-refractivity contribution in [3.8, 4) is 0 Å². The van der Waals surface area contributed by atoms with Gasteiger partial charge in [0.2, 0.25) is 0 Å². The molecular weight excluding hydrogens is 382 g/mol. The van der Waals surface area contributed by atoms with Gasteiger partial charge in [-0.1, -0.05) is 20.8 Å². The average Bonchev–Trinajstić information content (AvgIpc) is 2.75. The summed E-state index contributed by atoms with van der Waals surface area (Å²) in [4.78, 5) is 2.12. The van der Waals surface area contributed by atoms with Crippen LogP contribution in [0.2, 0.25) is 18.1 Å². The van der Waals surface area contributed by atoms with Gasteiger partial charge in [0.1, 0.15) is 5.84 Å². The third kappa shape index (κ3) is 4.14. The molecule has 2 aliphatic rings. The number of amidine groups is 1. The Hall–Kier alpha value is -0.593. The first-order chi connectivity index (χ1) is 11.1. The van der Waals surface area contributed by atoms with Crippen LogP contribution in [0.4, 0.5) is 0 Å². The van der Waals surface area contributed by atoms with E-state index in [4.69, 9.17) is 9.84 Å². The zero-order valence-corrected chi connectivity index (χ0v) is 18.5. The fraction of sp³-hybridized carbons (Fsp3) is 0.722. The normalized spacial score (nSPS) is 27.6. The van der Waals surface area contributed by atoms with Crippen molar-refractivity contribution in [1.82, 2.24) is 10.2 Å². The fourth-order valence-electron chi connectivity index (χ4n) is 3.11. The molecule has 0 aromatic heterocycles. The molecule has 0 saturated heterocycles. The second-order valence-corrected chi connectivity index (χ2v) is 14.0. The smallest absolute Gasteiger partial charge is 0.192 e. The summed E-state index contributed by atoms with van der Waals surface area (Å²) in [6.07, 6.45) is 8.70. The number of hydrogen-bond donors (Lipinski definition) is 2. The summed E-state index contributed by atoms with van der Waals surface area (Å²) in [7, 11) is 0.183. The van der Waals surface area contributed by atoms with Crippen molar-refractivity contribution in [3.05, 3.63) is 22.5 Å². The zero-order valence-electron chi connectivity index (χ0n) is 15.9. The molecule has 2 rings (SSSR count). The molecule has 24 heavy (non-hydrogen) atoms. The van der Waals surface area contributed by atoms with Gasteiger partial charge in [-0.2, -0.15) is 0 Å². The van der Waals surface area contributed by atoms with Crippen molar-refractivity contribution < 1.29 is 4.43 Å². The summed E-state index contributed by atoms with van der Waals surface area (Å²) in [6, 6.07) is 0.409. The van der Waals surface area contributed by atoms with Crippen molar-refractivity contribution in [2.24, 2.45) is 0 Å². The van der Waals surface area contributed by atoms with Gasteiger partial charge < -0.3 is 14.6 Å². The van der Waals surface area contributed by atoms with Crippen molar-refractivity contribution >= 4 is 30.1 Å². The fourth-order valence-corrected chi connectivity index (χ4v) is 5.06. The summed E-state index contributed by atoms with van der Waals surface area (Å²) in [6.45, 7) is 11.6. The van der Waals surface area contributed by atoms with Crippen molar-refractivity contribution in [2.75, 3.05) is 7.05 Å². The molecule has 1 aliphatic heterocycles. The van der Waals surface area contributed by atoms with E-state index in [1.807, 2.05) is 13.2 Å². The Kier molecular flexibility index (Phi) is 6.03. The molecule has 0 aromatic rings.